The van der Waals surface area contributed by atoms with Crippen LogP contribution in [-0.2, 0) is 4.79 Å². The third kappa shape index (κ3) is 2.79. The first-order chi connectivity index (χ1) is 9.61. The lowest BCUT2D eigenvalue weighted by molar-refractivity contribution is -0.128. The molecule has 2 saturated carbocycles. The highest BCUT2D eigenvalue weighted by atomic mass is 19.1. The van der Waals surface area contributed by atoms with Crippen molar-refractivity contribution in [2.45, 2.75) is 44.8 Å². The van der Waals surface area contributed by atoms with Gasteiger partial charge in [-0.2, -0.15) is 0 Å². The fourth-order valence-electron chi connectivity index (χ4n) is 3.49. The number of ether oxygens (including phenoxy) is 1. The van der Waals surface area contributed by atoms with Crippen molar-refractivity contribution in [3.63, 3.8) is 0 Å². The molecule has 1 aromatic carbocycles. The van der Waals surface area contributed by atoms with Crippen LogP contribution in [0.4, 0.5) is 4.39 Å². The number of hydrogen-bond donors (Lipinski definition) is 1. The number of halogens is 1. The number of carbonyl (C=O) groups excluding carboxylic acids is 1. The van der Waals surface area contributed by atoms with Gasteiger partial charge in [-0.25, -0.2) is 4.39 Å². The van der Waals surface area contributed by atoms with Crippen LogP contribution in [0.2, 0.25) is 0 Å². The van der Waals surface area contributed by atoms with E-state index in [1.807, 2.05) is 0 Å². The Labute approximate surface area is 118 Å². The minimum atomic E-state index is -0.556. The van der Waals surface area contributed by atoms with Crippen molar-refractivity contribution >= 4 is 5.91 Å². The summed E-state index contributed by atoms with van der Waals surface area (Å²) < 4.78 is 18.3. The minimum Gasteiger partial charge on any atom is -0.481 e. The second-order valence-corrected chi connectivity index (χ2v) is 6.00. The highest BCUT2D eigenvalue weighted by Crippen LogP contribution is 2.44. The van der Waals surface area contributed by atoms with Gasteiger partial charge in [-0.3, -0.25) is 4.79 Å². The molecule has 2 fully saturated rings. The minimum absolute atomic E-state index is 0.0770. The van der Waals surface area contributed by atoms with E-state index in [1.165, 1.54) is 43.5 Å². The van der Waals surface area contributed by atoms with Crippen LogP contribution in [0.15, 0.2) is 24.3 Å². The van der Waals surface area contributed by atoms with E-state index in [0.717, 1.165) is 12.3 Å². The second kappa shape index (κ2) is 5.43. The lowest BCUT2D eigenvalue weighted by atomic mass is 9.95. The van der Waals surface area contributed by atoms with Crippen LogP contribution < -0.4 is 10.1 Å². The molecular weight excluding hydrogens is 257 g/mol. The fourth-order valence-corrected chi connectivity index (χ4v) is 3.49. The molecule has 1 N–H and O–H groups in total. The zero-order chi connectivity index (χ0) is 14.1. The number of hydrogen-bond acceptors (Lipinski definition) is 2. The second-order valence-electron chi connectivity index (χ2n) is 6.00. The Bertz CT molecular complexity index is 488. The molecule has 2 bridgehead atoms. The van der Waals surface area contributed by atoms with Crippen LogP contribution in [0.25, 0.3) is 0 Å². The van der Waals surface area contributed by atoms with Crippen molar-refractivity contribution in [3.8, 4) is 5.75 Å². The predicted octanol–water partition coefficient (Wildman–Crippen LogP) is 2.90. The molecule has 0 spiro atoms. The number of benzene rings is 1. The van der Waals surface area contributed by atoms with E-state index < -0.39 is 6.10 Å². The van der Waals surface area contributed by atoms with E-state index in [9.17, 15) is 9.18 Å². The Morgan fingerprint density at radius 2 is 2.05 bits per heavy atom. The van der Waals surface area contributed by atoms with Crippen molar-refractivity contribution in [1.29, 1.82) is 0 Å². The highest BCUT2D eigenvalue weighted by Gasteiger charge is 2.40. The Morgan fingerprint density at radius 3 is 2.65 bits per heavy atom. The zero-order valence-electron chi connectivity index (χ0n) is 11.6. The molecule has 0 radical (unpaired) electrons. The normalized spacial score (nSPS) is 29.2. The monoisotopic (exact) mass is 277 g/mol. The Hall–Kier alpha value is -1.58. The number of fused-ring (bicyclic) bond motifs is 2. The maximum atomic E-state index is 12.8. The molecule has 4 heteroatoms. The van der Waals surface area contributed by atoms with Crippen LogP contribution in [0.5, 0.6) is 5.75 Å². The molecule has 1 amide bonds. The summed E-state index contributed by atoms with van der Waals surface area (Å²) >= 11 is 0. The van der Waals surface area contributed by atoms with Gasteiger partial charge < -0.3 is 10.1 Å². The molecule has 108 valence electrons. The summed E-state index contributed by atoms with van der Waals surface area (Å²) in [6.07, 6.45) is 4.37. The molecular formula is C16H20FNO2. The van der Waals surface area contributed by atoms with Gasteiger partial charge in [0.2, 0.25) is 0 Å². The van der Waals surface area contributed by atoms with Crippen LogP contribution >= 0.6 is 0 Å². The summed E-state index contributed by atoms with van der Waals surface area (Å²) in [7, 11) is 0. The fraction of sp³-hybridized carbons (Fsp3) is 0.562. The summed E-state index contributed by atoms with van der Waals surface area (Å²) in [6.45, 7) is 1.73. The maximum Gasteiger partial charge on any atom is 0.261 e. The average molecular weight is 277 g/mol. The number of nitrogens with one attached hydrogen (secondary N) is 1. The zero-order valence-corrected chi connectivity index (χ0v) is 11.6. The topological polar surface area (TPSA) is 38.3 Å². The van der Waals surface area contributed by atoms with Gasteiger partial charge in [0.15, 0.2) is 6.10 Å². The number of carbonyl (C=O) groups is 1. The Morgan fingerprint density at radius 1 is 1.30 bits per heavy atom. The van der Waals surface area contributed by atoms with Crippen molar-refractivity contribution in [3.05, 3.63) is 30.1 Å². The van der Waals surface area contributed by atoms with Gasteiger partial charge in [0.05, 0.1) is 0 Å². The molecule has 0 saturated heterocycles. The third-order valence-corrected chi connectivity index (χ3v) is 4.56. The summed E-state index contributed by atoms with van der Waals surface area (Å²) in [5.74, 6) is 1.59. The van der Waals surface area contributed by atoms with Crippen molar-refractivity contribution < 1.29 is 13.9 Å². The molecule has 4 atom stereocenters. The van der Waals surface area contributed by atoms with Gasteiger partial charge in [0.25, 0.3) is 5.91 Å². The molecule has 0 heterocycles. The standard InChI is InChI=1S/C16H20FNO2/c1-10(20-14-6-4-13(17)5-7-14)16(19)18-15-9-11-2-3-12(15)8-11/h4-7,10-12,15H,2-3,8-9H2,1H3,(H,18,19)/t10-,11-,12-,15-/m1/s1. The third-order valence-electron chi connectivity index (χ3n) is 4.56. The number of amides is 1. The van der Waals surface area contributed by atoms with Gasteiger partial charge in [-0.15, -0.1) is 0 Å². The van der Waals surface area contributed by atoms with Gasteiger partial charge in [0, 0.05) is 6.04 Å². The molecule has 0 aromatic heterocycles. The van der Waals surface area contributed by atoms with Crippen molar-refractivity contribution in [1.82, 2.24) is 5.32 Å². The lowest BCUT2D eigenvalue weighted by Crippen LogP contribution is -2.44. The molecule has 20 heavy (non-hydrogen) atoms. The quantitative estimate of drug-likeness (QED) is 0.919. The first-order valence-electron chi connectivity index (χ1n) is 7.34. The number of rotatable bonds is 4. The predicted molar refractivity (Wildman–Crippen MR) is 73.9 cm³/mol. The van der Waals surface area contributed by atoms with Crippen LogP contribution in [0.3, 0.4) is 0 Å². The van der Waals surface area contributed by atoms with Gasteiger partial charge in [-0.05, 0) is 62.3 Å². The van der Waals surface area contributed by atoms with Gasteiger partial charge in [-0.1, -0.05) is 6.42 Å². The first kappa shape index (κ1) is 13.4. The summed E-state index contributed by atoms with van der Waals surface area (Å²) in [5, 5.41) is 3.10. The largest absolute Gasteiger partial charge is 0.481 e. The van der Waals surface area contributed by atoms with E-state index >= 15 is 0 Å². The Balaban J connectivity index is 1.53. The first-order valence-corrected chi connectivity index (χ1v) is 7.34. The lowest BCUT2D eigenvalue weighted by Gasteiger charge is -2.24. The highest BCUT2D eigenvalue weighted by molar-refractivity contribution is 5.81. The summed E-state index contributed by atoms with van der Waals surface area (Å²) in [4.78, 5) is 12.1. The van der Waals surface area contributed by atoms with Crippen molar-refractivity contribution in [2.75, 3.05) is 0 Å². The summed E-state index contributed by atoms with van der Waals surface area (Å²) in [5.41, 5.74) is 0. The molecule has 2 aliphatic rings. The van der Waals surface area contributed by atoms with Crippen LogP contribution in [-0.4, -0.2) is 18.1 Å². The molecule has 2 aliphatic carbocycles. The van der Waals surface area contributed by atoms with E-state index in [2.05, 4.69) is 5.32 Å². The van der Waals surface area contributed by atoms with E-state index in [1.54, 1.807) is 6.92 Å². The SMILES string of the molecule is C[C@@H](Oc1ccc(F)cc1)C(=O)N[C@@H]1C[C@@H]2CC[C@@H]1C2. The van der Waals surface area contributed by atoms with E-state index in [0.29, 0.717) is 17.7 Å². The smallest absolute Gasteiger partial charge is 0.261 e. The molecule has 1 aromatic rings. The van der Waals surface area contributed by atoms with Crippen molar-refractivity contribution in [2.24, 2.45) is 11.8 Å². The molecule has 3 rings (SSSR count). The Kier molecular flexibility index (Phi) is 3.64. The van der Waals surface area contributed by atoms with Gasteiger partial charge >= 0.3 is 0 Å². The molecule has 3 nitrogen and oxygen atoms in total. The van der Waals surface area contributed by atoms with Gasteiger partial charge in [0.1, 0.15) is 11.6 Å². The summed E-state index contributed by atoms with van der Waals surface area (Å²) in [6, 6.07) is 6.06. The maximum absolute atomic E-state index is 12.8. The molecule has 0 aliphatic heterocycles. The van der Waals surface area contributed by atoms with E-state index in [4.69, 9.17) is 4.74 Å². The van der Waals surface area contributed by atoms with Crippen LogP contribution in [0, 0.1) is 17.7 Å². The van der Waals surface area contributed by atoms with E-state index in [-0.39, 0.29) is 11.7 Å². The average Bonchev–Trinajstić information content (AvgIpc) is 3.03. The molecule has 0 unspecified atom stereocenters. The van der Waals surface area contributed by atoms with Crippen LogP contribution in [0.1, 0.15) is 32.6 Å².